The van der Waals surface area contributed by atoms with Gasteiger partial charge >= 0.3 is 0 Å². The lowest BCUT2D eigenvalue weighted by Gasteiger charge is -2.10. The number of benzene rings is 8. The van der Waals surface area contributed by atoms with E-state index in [2.05, 4.69) is 144 Å². The van der Waals surface area contributed by atoms with Gasteiger partial charge < -0.3 is 13.4 Å². The lowest BCUT2D eigenvalue weighted by molar-refractivity contribution is 0.669. The number of hydrogen-bond donors (Lipinski definition) is 0. The minimum atomic E-state index is 0.554. The van der Waals surface area contributed by atoms with E-state index in [0.29, 0.717) is 17.5 Å². The average molecular weight is 731 g/mol. The van der Waals surface area contributed by atoms with E-state index >= 15 is 0 Å². The molecule has 0 amide bonds. The summed E-state index contributed by atoms with van der Waals surface area (Å²) in [5, 5.41) is 6.40. The zero-order valence-electron chi connectivity index (χ0n) is 30.4. The van der Waals surface area contributed by atoms with E-state index in [1.165, 1.54) is 5.39 Å². The van der Waals surface area contributed by atoms with Crippen molar-refractivity contribution in [2.24, 2.45) is 0 Å². The molecule has 0 aliphatic heterocycles. The molecule has 266 valence electrons. The Balaban J connectivity index is 1.07. The Labute approximate surface area is 325 Å². The molecule has 6 nitrogen and oxygen atoms in total. The summed E-state index contributed by atoms with van der Waals surface area (Å²) in [6, 6.07) is 62.6. The number of para-hydroxylation sites is 3. The number of hydrogen-bond acceptors (Lipinski definition) is 5. The highest BCUT2D eigenvalue weighted by atomic mass is 16.3. The summed E-state index contributed by atoms with van der Waals surface area (Å²) in [6.07, 6.45) is 0. The fourth-order valence-corrected chi connectivity index (χ4v) is 8.42. The molecule has 57 heavy (non-hydrogen) atoms. The number of fused-ring (bicyclic) bond motifs is 10. The Morgan fingerprint density at radius 1 is 0.368 bits per heavy atom. The van der Waals surface area contributed by atoms with E-state index in [-0.39, 0.29) is 0 Å². The maximum Gasteiger partial charge on any atom is 0.164 e. The van der Waals surface area contributed by atoms with Crippen LogP contribution in [0.15, 0.2) is 191 Å². The molecule has 0 saturated heterocycles. The van der Waals surface area contributed by atoms with Crippen LogP contribution in [0.25, 0.3) is 117 Å². The van der Waals surface area contributed by atoms with Gasteiger partial charge in [-0.2, -0.15) is 0 Å². The first kappa shape index (κ1) is 31.5. The predicted octanol–water partition coefficient (Wildman–Crippen LogP) is 13.4. The molecule has 4 heterocycles. The van der Waals surface area contributed by atoms with Crippen molar-refractivity contribution in [1.82, 2.24) is 19.5 Å². The van der Waals surface area contributed by atoms with Gasteiger partial charge in [0.1, 0.15) is 16.7 Å². The number of nitrogens with zero attached hydrogens (tertiary/aromatic N) is 4. The van der Waals surface area contributed by atoms with E-state index in [4.69, 9.17) is 23.8 Å². The summed E-state index contributed by atoms with van der Waals surface area (Å²) in [5.41, 5.74) is 11.3. The van der Waals surface area contributed by atoms with Gasteiger partial charge in [0.25, 0.3) is 0 Å². The molecule has 0 radical (unpaired) electrons. The standard InChI is InChI=1S/C51H30N4O2/c1-3-12-31(13-4-1)32-22-24-33(25-23-32)49-52-50(54-51(53-49)41-18-11-21-44-46(41)40-17-8-10-20-43(40)56-44)34-26-27-37-39-29-28-38-36-16-7-9-19-42(36)55(35-14-5-2-6-15-35)47(38)48(39)57-45(37)30-34/h1-30H. The molecule has 12 aromatic rings. The van der Waals surface area contributed by atoms with Gasteiger partial charge in [0.2, 0.25) is 0 Å². The maximum atomic E-state index is 6.90. The second-order valence-corrected chi connectivity index (χ2v) is 14.4. The van der Waals surface area contributed by atoms with Gasteiger partial charge in [0.05, 0.1) is 11.0 Å². The van der Waals surface area contributed by atoms with Gasteiger partial charge in [-0.15, -0.1) is 0 Å². The third-order valence-electron chi connectivity index (χ3n) is 11.1. The highest BCUT2D eigenvalue weighted by Crippen LogP contribution is 2.42. The first-order chi connectivity index (χ1) is 28.2. The molecule has 0 N–H and O–H groups in total. The molecule has 12 rings (SSSR count). The summed E-state index contributed by atoms with van der Waals surface area (Å²) in [4.78, 5) is 15.5. The molecule has 0 spiro atoms. The Morgan fingerprint density at radius 3 is 1.82 bits per heavy atom. The van der Waals surface area contributed by atoms with Crippen molar-refractivity contribution < 1.29 is 8.83 Å². The molecule has 0 bridgehead atoms. The van der Waals surface area contributed by atoms with Gasteiger partial charge in [-0.3, -0.25) is 0 Å². The Morgan fingerprint density at radius 2 is 0.982 bits per heavy atom. The Kier molecular flexibility index (Phi) is 6.83. The SMILES string of the molecule is c1ccc(-c2ccc(-c3nc(-c4ccc5c(c4)oc4c5ccc5c6ccccc6n(-c6ccccc6)c54)nc(-c4cccc5oc6ccccc6c45)n3)cc2)cc1. The highest BCUT2D eigenvalue weighted by molar-refractivity contribution is 6.21. The molecular weight excluding hydrogens is 701 g/mol. The maximum absolute atomic E-state index is 6.90. The Hall–Kier alpha value is -7.83. The van der Waals surface area contributed by atoms with Crippen molar-refractivity contribution in [3.63, 3.8) is 0 Å². The summed E-state index contributed by atoms with van der Waals surface area (Å²) in [6.45, 7) is 0. The number of furan rings is 2. The van der Waals surface area contributed by atoms with Gasteiger partial charge in [-0.25, -0.2) is 15.0 Å². The second-order valence-electron chi connectivity index (χ2n) is 14.4. The fourth-order valence-electron chi connectivity index (χ4n) is 8.42. The van der Waals surface area contributed by atoms with Crippen LogP contribution in [0.2, 0.25) is 0 Å². The summed E-state index contributed by atoms with van der Waals surface area (Å²) in [5.74, 6) is 1.70. The first-order valence-electron chi connectivity index (χ1n) is 19.0. The van der Waals surface area contributed by atoms with Crippen molar-refractivity contribution in [3.05, 3.63) is 182 Å². The van der Waals surface area contributed by atoms with Crippen molar-refractivity contribution in [1.29, 1.82) is 0 Å². The summed E-state index contributed by atoms with van der Waals surface area (Å²) >= 11 is 0. The van der Waals surface area contributed by atoms with E-state index in [0.717, 1.165) is 93.8 Å². The molecule has 0 saturated carbocycles. The molecule has 8 aromatic carbocycles. The smallest absolute Gasteiger partial charge is 0.164 e. The second kappa shape index (κ2) is 12.3. The zero-order valence-corrected chi connectivity index (χ0v) is 30.4. The van der Waals surface area contributed by atoms with Crippen LogP contribution in [0.3, 0.4) is 0 Å². The molecule has 6 heteroatoms. The lowest BCUT2D eigenvalue weighted by Crippen LogP contribution is -2.00. The first-order valence-corrected chi connectivity index (χ1v) is 19.0. The van der Waals surface area contributed by atoms with Crippen LogP contribution in [0.1, 0.15) is 0 Å². The van der Waals surface area contributed by atoms with Gasteiger partial charge in [-0.05, 0) is 59.7 Å². The third-order valence-corrected chi connectivity index (χ3v) is 11.1. The van der Waals surface area contributed by atoms with E-state index in [1.54, 1.807) is 0 Å². The predicted molar refractivity (Wildman–Crippen MR) is 230 cm³/mol. The van der Waals surface area contributed by atoms with Crippen LogP contribution in [0, 0.1) is 0 Å². The van der Waals surface area contributed by atoms with Crippen LogP contribution in [0.4, 0.5) is 0 Å². The monoisotopic (exact) mass is 730 g/mol. The topological polar surface area (TPSA) is 69.9 Å². The molecule has 0 fully saturated rings. The summed E-state index contributed by atoms with van der Waals surface area (Å²) in [7, 11) is 0. The van der Waals surface area contributed by atoms with Gasteiger partial charge in [-0.1, -0.05) is 133 Å². The van der Waals surface area contributed by atoms with Crippen LogP contribution in [0.5, 0.6) is 0 Å². The number of rotatable bonds is 5. The largest absolute Gasteiger partial charge is 0.456 e. The van der Waals surface area contributed by atoms with E-state index < -0.39 is 0 Å². The number of aromatic nitrogens is 4. The minimum absolute atomic E-state index is 0.554. The van der Waals surface area contributed by atoms with Crippen molar-refractivity contribution >= 4 is 65.7 Å². The normalized spacial score (nSPS) is 11.9. The molecule has 0 unspecified atom stereocenters. The van der Waals surface area contributed by atoms with Crippen molar-refractivity contribution in [3.8, 4) is 51.0 Å². The molecule has 0 atom stereocenters. The van der Waals surface area contributed by atoms with Crippen LogP contribution in [-0.2, 0) is 0 Å². The summed E-state index contributed by atoms with van der Waals surface area (Å²) < 4.78 is 15.5. The third kappa shape index (κ3) is 4.94. The fraction of sp³-hybridized carbons (Fsp3) is 0. The highest BCUT2D eigenvalue weighted by Gasteiger charge is 2.21. The van der Waals surface area contributed by atoms with Crippen molar-refractivity contribution in [2.45, 2.75) is 0 Å². The molecule has 4 aromatic heterocycles. The van der Waals surface area contributed by atoms with Crippen LogP contribution < -0.4 is 0 Å². The average Bonchev–Trinajstić information content (AvgIpc) is 3.96. The van der Waals surface area contributed by atoms with E-state index in [1.807, 2.05) is 42.5 Å². The van der Waals surface area contributed by atoms with E-state index in [9.17, 15) is 0 Å². The van der Waals surface area contributed by atoms with Crippen LogP contribution in [-0.4, -0.2) is 19.5 Å². The molecule has 0 aliphatic carbocycles. The molecule has 0 aliphatic rings. The lowest BCUT2D eigenvalue weighted by atomic mass is 10.0. The molecular formula is C51H30N4O2. The quantitative estimate of drug-likeness (QED) is 0.176. The Bertz CT molecular complexity index is 3510. The zero-order chi connectivity index (χ0) is 37.5. The van der Waals surface area contributed by atoms with Gasteiger partial charge in [0, 0.05) is 54.7 Å². The minimum Gasteiger partial charge on any atom is -0.456 e. The van der Waals surface area contributed by atoms with Crippen molar-refractivity contribution in [2.75, 3.05) is 0 Å². The van der Waals surface area contributed by atoms with Crippen LogP contribution >= 0.6 is 0 Å². The van der Waals surface area contributed by atoms with Gasteiger partial charge in [0.15, 0.2) is 23.1 Å².